The van der Waals surface area contributed by atoms with Gasteiger partial charge in [0.25, 0.3) is 0 Å². The lowest BCUT2D eigenvalue weighted by atomic mass is 10.1. The number of hydrogen-bond donors (Lipinski definition) is 2. The van der Waals surface area contributed by atoms with E-state index in [2.05, 4.69) is 5.32 Å². The third-order valence-electron chi connectivity index (χ3n) is 2.72. The molecule has 16 heavy (non-hydrogen) atoms. The number of nitrogens with zero attached hydrogens (tertiary/aromatic N) is 1. The molecular weight excluding hydrogens is 208 g/mol. The highest BCUT2D eigenvalue weighted by atomic mass is 16.5. The minimum Gasteiger partial charge on any atom is -0.390 e. The maximum Gasteiger partial charge on any atom is 0.222 e. The molecule has 94 valence electrons. The van der Waals surface area contributed by atoms with Crippen molar-refractivity contribution >= 4 is 5.91 Å². The third-order valence-corrected chi connectivity index (χ3v) is 2.72. The molecule has 1 atom stereocenters. The number of likely N-dealkylation sites (tertiary alicyclic amines) is 1. The number of hydrogen-bond acceptors (Lipinski definition) is 4. The van der Waals surface area contributed by atoms with Crippen LogP contribution in [0, 0.1) is 0 Å². The van der Waals surface area contributed by atoms with E-state index < -0.39 is 6.10 Å². The molecule has 5 nitrogen and oxygen atoms in total. The zero-order chi connectivity index (χ0) is 11.8. The van der Waals surface area contributed by atoms with Crippen molar-refractivity contribution in [3.63, 3.8) is 0 Å². The number of β-amino-alcohol motifs (C(OH)–C–C–N with tert-alkyl or cyclic N) is 1. The molecule has 0 aliphatic carbocycles. The number of piperidine rings is 1. The van der Waals surface area contributed by atoms with Crippen LogP contribution >= 0.6 is 0 Å². The normalized spacial score (nSPS) is 18.9. The molecule has 1 amide bonds. The van der Waals surface area contributed by atoms with E-state index in [1.165, 1.54) is 0 Å². The summed E-state index contributed by atoms with van der Waals surface area (Å²) >= 11 is 0. The standard InChI is InChI=1S/C11H22N2O3/c1-16-7-5-12-8-10(14)9-13-6-3-2-4-11(13)15/h10,12,14H,2-9H2,1H3. The van der Waals surface area contributed by atoms with Crippen LogP contribution < -0.4 is 5.32 Å². The second kappa shape index (κ2) is 7.60. The molecule has 1 saturated heterocycles. The van der Waals surface area contributed by atoms with E-state index in [0.717, 1.165) is 25.9 Å². The predicted molar refractivity (Wildman–Crippen MR) is 61.2 cm³/mol. The van der Waals surface area contributed by atoms with Gasteiger partial charge in [0.15, 0.2) is 0 Å². The average Bonchev–Trinajstić information content (AvgIpc) is 2.28. The lowest BCUT2D eigenvalue weighted by Gasteiger charge is -2.28. The summed E-state index contributed by atoms with van der Waals surface area (Å²) in [5.74, 6) is 0.169. The Morgan fingerprint density at radius 3 is 3.06 bits per heavy atom. The quantitative estimate of drug-likeness (QED) is 0.584. The molecule has 0 radical (unpaired) electrons. The van der Waals surface area contributed by atoms with E-state index in [4.69, 9.17) is 4.74 Å². The molecule has 0 aromatic heterocycles. The number of methoxy groups -OCH3 is 1. The molecule has 0 spiro atoms. The van der Waals surface area contributed by atoms with Crippen molar-refractivity contribution in [1.29, 1.82) is 0 Å². The fourth-order valence-electron chi connectivity index (χ4n) is 1.82. The number of carbonyl (C=O) groups is 1. The van der Waals surface area contributed by atoms with Crippen molar-refractivity contribution in [1.82, 2.24) is 10.2 Å². The third kappa shape index (κ3) is 4.92. The van der Waals surface area contributed by atoms with E-state index in [9.17, 15) is 9.90 Å². The van der Waals surface area contributed by atoms with Crippen LogP contribution in [-0.2, 0) is 9.53 Å². The molecule has 1 aliphatic rings. The van der Waals surface area contributed by atoms with Crippen LogP contribution in [-0.4, -0.2) is 61.9 Å². The summed E-state index contributed by atoms with van der Waals surface area (Å²) in [6.45, 7) is 3.09. The second-order valence-corrected chi connectivity index (χ2v) is 4.15. The summed E-state index contributed by atoms with van der Waals surface area (Å²) in [6, 6.07) is 0. The first-order valence-corrected chi connectivity index (χ1v) is 5.89. The van der Waals surface area contributed by atoms with Crippen LogP contribution in [0.4, 0.5) is 0 Å². The van der Waals surface area contributed by atoms with Gasteiger partial charge in [-0.2, -0.15) is 0 Å². The van der Waals surface area contributed by atoms with Crippen LogP contribution in [0.25, 0.3) is 0 Å². The highest BCUT2D eigenvalue weighted by molar-refractivity contribution is 5.76. The van der Waals surface area contributed by atoms with Crippen LogP contribution in [0.1, 0.15) is 19.3 Å². The molecular formula is C11H22N2O3. The van der Waals surface area contributed by atoms with Crippen LogP contribution in [0.3, 0.4) is 0 Å². The van der Waals surface area contributed by atoms with Gasteiger partial charge in [-0.05, 0) is 12.8 Å². The fraction of sp³-hybridized carbons (Fsp3) is 0.909. The van der Waals surface area contributed by atoms with E-state index in [1.807, 2.05) is 0 Å². The molecule has 1 rings (SSSR count). The van der Waals surface area contributed by atoms with Crippen molar-refractivity contribution in [2.45, 2.75) is 25.4 Å². The zero-order valence-corrected chi connectivity index (χ0v) is 9.95. The lowest BCUT2D eigenvalue weighted by molar-refractivity contribution is -0.134. The predicted octanol–water partition coefficient (Wildman–Crippen LogP) is -0.404. The Balaban J connectivity index is 2.12. The van der Waals surface area contributed by atoms with Gasteiger partial charge in [0.2, 0.25) is 5.91 Å². The van der Waals surface area contributed by atoms with Crippen molar-refractivity contribution in [3.8, 4) is 0 Å². The van der Waals surface area contributed by atoms with Gasteiger partial charge < -0.3 is 20.1 Å². The summed E-state index contributed by atoms with van der Waals surface area (Å²) in [4.78, 5) is 13.2. The number of carbonyl (C=O) groups excluding carboxylic acids is 1. The summed E-state index contributed by atoms with van der Waals surface area (Å²) < 4.78 is 4.88. The first-order valence-electron chi connectivity index (χ1n) is 5.89. The van der Waals surface area contributed by atoms with E-state index in [0.29, 0.717) is 26.1 Å². The average molecular weight is 230 g/mol. The maximum absolute atomic E-state index is 11.5. The summed E-state index contributed by atoms with van der Waals surface area (Å²) in [5, 5.41) is 12.8. The molecule has 1 unspecified atom stereocenters. The van der Waals surface area contributed by atoms with Gasteiger partial charge >= 0.3 is 0 Å². The largest absolute Gasteiger partial charge is 0.390 e. The minimum atomic E-state index is -0.487. The number of amides is 1. The van der Waals surface area contributed by atoms with Crippen LogP contribution in [0.15, 0.2) is 0 Å². The van der Waals surface area contributed by atoms with Crippen molar-refractivity contribution in [2.75, 3.05) is 39.9 Å². The Morgan fingerprint density at radius 1 is 1.56 bits per heavy atom. The lowest BCUT2D eigenvalue weighted by Crippen LogP contribution is -2.43. The van der Waals surface area contributed by atoms with Crippen molar-refractivity contribution in [3.05, 3.63) is 0 Å². The van der Waals surface area contributed by atoms with Gasteiger partial charge in [-0.3, -0.25) is 4.79 Å². The van der Waals surface area contributed by atoms with Crippen molar-refractivity contribution < 1.29 is 14.6 Å². The van der Waals surface area contributed by atoms with E-state index >= 15 is 0 Å². The first-order chi connectivity index (χ1) is 7.74. The summed E-state index contributed by atoms with van der Waals surface area (Å²) in [6.07, 6.45) is 2.18. The number of ether oxygens (including phenoxy) is 1. The van der Waals surface area contributed by atoms with Gasteiger partial charge in [-0.1, -0.05) is 0 Å². The molecule has 1 fully saturated rings. The zero-order valence-electron chi connectivity index (χ0n) is 9.95. The van der Waals surface area contributed by atoms with Crippen LogP contribution in [0.5, 0.6) is 0 Å². The molecule has 0 aromatic rings. The van der Waals surface area contributed by atoms with Gasteiger partial charge in [0.05, 0.1) is 12.7 Å². The topological polar surface area (TPSA) is 61.8 Å². The van der Waals surface area contributed by atoms with E-state index in [-0.39, 0.29) is 5.91 Å². The summed E-state index contributed by atoms with van der Waals surface area (Å²) in [7, 11) is 1.64. The van der Waals surface area contributed by atoms with Gasteiger partial charge in [-0.25, -0.2) is 0 Å². The highest BCUT2D eigenvalue weighted by Crippen LogP contribution is 2.10. The molecule has 1 heterocycles. The van der Waals surface area contributed by atoms with Gasteiger partial charge in [-0.15, -0.1) is 0 Å². The van der Waals surface area contributed by atoms with Gasteiger partial charge in [0.1, 0.15) is 0 Å². The molecule has 1 aliphatic heterocycles. The smallest absolute Gasteiger partial charge is 0.222 e. The SMILES string of the molecule is COCCNCC(O)CN1CCCCC1=O. The monoisotopic (exact) mass is 230 g/mol. The highest BCUT2D eigenvalue weighted by Gasteiger charge is 2.20. The molecule has 0 aromatic carbocycles. The number of aliphatic hydroxyl groups is 1. The Kier molecular flexibility index (Phi) is 6.37. The second-order valence-electron chi connectivity index (χ2n) is 4.15. The fourth-order valence-corrected chi connectivity index (χ4v) is 1.82. The number of nitrogens with one attached hydrogen (secondary N) is 1. The molecule has 0 saturated carbocycles. The van der Waals surface area contributed by atoms with Crippen LogP contribution in [0.2, 0.25) is 0 Å². The number of rotatable bonds is 7. The summed E-state index contributed by atoms with van der Waals surface area (Å²) in [5.41, 5.74) is 0. The molecule has 2 N–H and O–H groups in total. The molecule has 5 heteroatoms. The van der Waals surface area contributed by atoms with E-state index in [1.54, 1.807) is 12.0 Å². The Bertz CT molecular complexity index is 211. The first kappa shape index (κ1) is 13.4. The van der Waals surface area contributed by atoms with Crippen molar-refractivity contribution in [2.24, 2.45) is 0 Å². The Hall–Kier alpha value is -0.650. The van der Waals surface area contributed by atoms with Gasteiger partial charge in [0, 0.05) is 39.7 Å². The Morgan fingerprint density at radius 2 is 2.38 bits per heavy atom. The molecule has 0 bridgehead atoms. The Labute approximate surface area is 96.8 Å². The maximum atomic E-state index is 11.5. The number of aliphatic hydroxyl groups excluding tert-OH is 1. The minimum absolute atomic E-state index is 0.169.